The van der Waals surface area contributed by atoms with Crippen LogP contribution in [0.1, 0.15) is 16.1 Å². The van der Waals surface area contributed by atoms with Gasteiger partial charge in [-0.05, 0) is 25.1 Å². The summed E-state index contributed by atoms with van der Waals surface area (Å²) in [5.41, 5.74) is 1.45. The van der Waals surface area contributed by atoms with Gasteiger partial charge in [-0.3, -0.25) is 9.59 Å². The van der Waals surface area contributed by atoms with Crippen molar-refractivity contribution >= 4 is 23.3 Å². The Labute approximate surface area is 134 Å². The summed E-state index contributed by atoms with van der Waals surface area (Å²) in [7, 11) is 5.39. The summed E-state index contributed by atoms with van der Waals surface area (Å²) in [6, 6.07) is 8.85. The highest BCUT2D eigenvalue weighted by molar-refractivity contribution is 5.99. The number of benzene rings is 1. The first-order valence-corrected chi connectivity index (χ1v) is 7.13. The molecule has 0 unspecified atom stereocenters. The van der Waals surface area contributed by atoms with E-state index in [0.29, 0.717) is 17.1 Å². The highest BCUT2D eigenvalue weighted by atomic mass is 16.5. The van der Waals surface area contributed by atoms with E-state index in [1.54, 1.807) is 32.2 Å². The molecule has 0 spiro atoms. The van der Waals surface area contributed by atoms with Crippen molar-refractivity contribution in [1.29, 1.82) is 0 Å². The average Bonchev–Trinajstić information content (AvgIpc) is 2.91. The molecule has 0 atom stereocenters. The minimum atomic E-state index is -0.335. The van der Waals surface area contributed by atoms with Gasteiger partial charge in [-0.15, -0.1) is 0 Å². The third-order valence-corrected chi connectivity index (χ3v) is 3.23. The molecule has 0 fully saturated rings. The number of hydrogen-bond donors (Lipinski definition) is 1. The lowest BCUT2D eigenvalue weighted by Crippen LogP contribution is -2.35. The van der Waals surface area contributed by atoms with E-state index in [1.165, 1.54) is 4.90 Å². The van der Waals surface area contributed by atoms with Crippen LogP contribution in [0.25, 0.3) is 0 Å². The van der Waals surface area contributed by atoms with Crippen molar-refractivity contribution in [3.05, 3.63) is 41.7 Å². The number of likely N-dealkylation sites (N-methyl/N-ethyl adjacent to an activating group) is 1. The molecule has 1 aromatic carbocycles. The number of rotatable bonds is 5. The van der Waals surface area contributed by atoms with Crippen LogP contribution in [0.3, 0.4) is 0 Å². The van der Waals surface area contributed by atoms with E-state index in [4.69, 9.17) is 4.52 Å². The molecule has 0 aliphatic rings. The Bertz CT molecular complexity index is 709. The maximum absolute atomic E-state index is 12.4. The lowest BCUT2D eigenvalue weighted by Gasteiger charge is -2.18. The second kappa shape index (κ2) is 6.95. The first-order valence-electron chi connectivity index (χ1n) is 7.13. The van der Waals surface area contributed by atoms with E-state index >= 15 is 0 Å². The zero-order chi connectivity index (χ0) is 17.0. The maximum Gasteiger partial charge on any atom is 0.254 e. The van der Waals surface area contributed by atoms with Gasteiger partial charge in [0.25, 0.3) is 5.91 Å². The van der Waals surface area contributed by atoms with Crippen molar-refractivity contribution in [1.82, 2.24) is 10.1 Å². The molecule has 0 bridgehead atoms. The van der Waals surface area contributed by atoms with E-state index in [1.807, 2.05) is 31.1 Å². The minimum absolute atomic E-state index is 0.0725. The fourth-order valence-corrected chi connectivity index (χ4v) is 2.03. The highest BCUT2D eigenvalue weighted by Gasteiger charge is 2.16. The van der Waals surface area contributed by atoms with Crippen LogP contribution in [0.15, 0.2) is 34.9 Å². The fourth-order valence-electron chi connectivity index (χ4n) is 2.03. The molecule has 2 amide bonds. The van der Waals surface area contributed by atoms with E-state index in [2.05, 4.69) is 10.5 Å². The first-order chi connectivity index (χ1) is 10.9. The van der Waals surface area contributed by atoms with Crippen LogP contribution >= 0.6 is 0 Å². The molecule has 1 aromatic heterocycles. The smallest absolute Gasteiger partial charge is 0.254 e. The monoisotopic (exact) mass is 316 g/mol. The Kier molecular flexibility index (Phi) is 5.00. The molecule has 1 N–H and O–H groups in total. The summed E-state index contributed by atoms with van der Waals surface area (Å²) in [5, 5.41) is 6.26. The second-order valence-electron chi connectivity index (χ2n) is 5.48. The van der Waals surface area contributed by atoms with Gasteiger partial charge in [0.2, 0.25) is 5.91 Å². The van der Waals surface area contributed by atoms with Crippen molar-refractivity contribution in [2.45, 2.75) is 6.92 Å². The van der Waals surface area contributed by atoms with E-state index < -0.39 is 0 Å². The normalized spacial score (nSPS) is 10.3. The molecular weight excluding hydrogens is 296 g/mol. The number of aryl methyl sites for hydroxylation is 1. The summed E-state index contributed by atoms with van der Waals surface area (Å²) in [4.78, 5) is 27.6. The third kappa shape index (κ3) is 4.32. The van der Waals surface area contributed by atoms with Crippen molar-refractivity contribution < 1.29 is 14.1 Å². The van der Waals surface area contributed by atoms with Crippen LogP contribution in [0.2, 0.25) is 0 Å². The molecule has 1 heterocycles. The lowest BCUT2D eigenvalue weighted by molar-refractivity contribution is -0.116. The number of anilines is 2. The van der Waals surface area contributed by atoms with Crippen LogP contribution in [-0.2, 0) is 4.79 Å². The van der Waals surface area contributed by atoms with Gasteiger partial charge in [0.05, 0.1) is 6.54 Å². The predicted molar refractivity (Wildman–Crippen MR) is 87.6 cm³/mol. The standard InChI is InChI=1S/C16H20N4O3/c1-11-8-14(18-23-11)17-15(21)10-20(4)16(22)12-6-5-7-13(9-12)19(2)3/h5-9H,10H2,1-4H3,(H,17,18,21). The predicted octanol–water partition coefficient (Wildman–Crippen LogP) is 1.76. The second-order valence-corrected chi connectivity index (χ2v) is 5.48. The summed E-state index contributed by atoms with van der Waals surface area (Å²) >= 11 is 0. The Morgan fingerprint density at radius 3 is 2.57 bits per heavy atom. The summed E-state index contributed by atoms with van der Waals surface area (Å²) in [5.74, 6) is 0.381. The van der Waals surface area contributed by atoms with Crippen LogP contribution in [-0.4, -0.2) is 49.6 Å². The van der Waals surface area contributed by atoms with Crippen LogP contribution in [0.4, 0.5) is 11.5 Å². The van der Waals surface area contributed by atoms with Gasteiger partial charge in [-0.25, -0.2) is 0 Å². The molecule has 0 radical (unpaired) electrons. The zero-order valence-corrected chi connectivity index (χ0v) is 13.7. The summed E-state index contributed by atoms with van der Waals surface area (Å²) < 4.78 is 4.87. The highest BCUT2D eigenvalue weighted by Crippen LogP contribution is 2.15. The number of carbonyl (C=O) groups is 2. The molecule has 0 aliphatic carbocycles. The number of carbonyl (C=O) groups excluding carboxylic acids is 2. The van der Waals surface area contributed by atoms with Crippen molar-refractivity contribution in [2.24, 2.45) is 0 Å². The molecule has 0 saturated carbocycles. The molecule has 23 heavy (non-hydrogen) atoms. The largest absolute Gasteiger partial charge is 0.378 e. The zero-order valence-electron chi connectivity index (χ0n) is 13.7. The fraction of sp³-hybridized carbons (Fsp3) is 0.312. The van der Waals surface area contributed by atoms with Crippen molar-refractivity contribution in [3.8, 4) is 0 Å². The number of nitrogens with zero attached hydrogens (tertiary/aromatic N) is 3. The van der Waals surface area contributed by atoms with Gasteiger partial charge in [0, 0.05) is 38.5 Å². The minimum Gasteiger partial charge on any atom is -0.378 e. The van der Waals surface area contributed by atoms with E-state index in [9.17, 15) is 9.59 Å². The maximum atomic E-state index is 12.4. The van der Waals surface area contributed by atoms with Crippen LogP contribution in [0.5, 0.6) is 0 Å². The van der Waals surface area contributed by atoms with Crippen molar-refractivity contribution in [2.75, 3.05) is 37.9 Å². The Morgan fingerprint density at radius 2 is 1.96 bits per heavy atom. The molecule has 2 aromatic rings. The number of nitrogens with one attached hydrogen (secondary N) is 1. The summed E-state index contributed by atoms with van der Waals surface area (Å²) in [6.07, 6.45) is 0. The number of aromatic nitrogens is 1. The van der Waals surface area contributed by atoms with Gasteiger partial charge in [0.15, 0.2) is 5.82 Å². The van der Waals surface area contributed by atoms with Crippen molar-refractivity contribution in [3.63, 3.8) is 0 Å². The lowest BCUT2D eigenvalue weighted by atomic mass is 10.1. The number of hydrogen-bond acceptors (Lipinski definition) is 5. The van der Waals surface area contributed by atoms with Gasteiger partial charge >= 0.3 is 0 Å². The van der Waals surface area contributed by atoms with Gasteiger partial charge in [-0.1, -0.05) is 11.2 Å². The Morgan fingerprint density at radius 1 is 1.22 bits per heavy atom. The van der Waals surface area contributed by atoms with E-state index in [0.717, 1.165) is 5.69 Å². The average molecular weight is 316 g/mol. The molecule has 122 valence electrons. The first kappa shape index (κ1) is 16.5. The Balaban J connectivity index is 1.99. The van der Waals surface area contributed by atoms with Gasteiger partial charge < -0.3 is 19.6 Å². The molecule has 7 heteroatoms. The van der Waals surface area contributed by atoms with Crippen LogP contribution in [0, 0.1) is 6.92 Å². The van der Waals surface area contributed by atoms with E-state index in [-0.39, 0.29) is 18.4 Å². The molecule has 7 nitrogen and oxygen atoms in total. The molecule has 0 saturated heterocycles. The van der Waals surface area contributed by atoms with Gasteiger partial charge in [0.1, 0.15) is 5.76 Å². The van der Waals surface area contributed by atoms with Crippen LogP contribution < -0.4 is 10.2 Å². The SMILES string of the molecule is Cc1cc(NC(=O)CN(C)C(=O)c2cccc(N(C)C)c2)no1. The third-order valence-electron chi connectivity index (χ3n) is 3.23. The number of amides is 2. The molecular formula is C16H20N4O3. The van der Waals surface area contributed by atoms with Gasteiger partial charge in [-0.2, -0.15) is 0 Å². The molecule has 2 rings (SSSR count). The quantitative estimate of drug-likeness (QED) is 0.909. The summed E-state index contributed by atoms with van der Waals surface area (Å²) in [6.45, 7) is 1.66. The molecule has 0 aliphatic heterocycles. The topological polar surface area (TPSA) is 78.7 Å². The Hall–Kier alpha value is -2.83.